The molecule has 3 N–H and O–H groups in total. The topological polar surface area (TPSA) is 148 Å². The van der Waals surface area contributed by atoms with Gasteiger partial charge in [-0.3, -0.25) is 19.1 Å². The smallest absolute Gasteiger partial charge is 0.408 e. The molecule has 5 rings (SSSR count). The maximum Gasteiger partial charge on any atom is 0.408 e. The minimum Gasteiger partial charge on any atom is -0.494 e. The molecule has 12 nitrogen and oxygen atoms in total. The molecule has 51 heavy (non-hydrogen) atoms. The number of nitrogens with zero attached hydrogens (tertiary/aromatic N) is 2. The summed E-state index contributed by atoms with van der Waals surface area (Å²) in [6.07, 6.45) is -1.46. The molecule has 0 unspecified atom stereocenters. The van der Waals surface area contributed by atoms with Crippen molar-refractivity contribution in [3.63, 3.8) is 0 Å². The number of fused-ring (bicyclic) bond motifs is 1. The van der Waals surface area contributed by atoms with E-state index in [1.54, 1.807) is 59.7 Å². The first kappa shape index (κ1) is 38.6. The lowest BCUT2D eigenvalue weighted by Crippen LogP contribution is -2.60. The zero-order valence-electron chi connectivity index (χ0n) is 29.8. The molecule has 1 saturated heterocycles. The number of methoxy groups -OCH3 is 1. The molecule has 16 heteroatoms. The summed E-state index contributed by atoms with van der Waals surface area (Å²) in [6, 6.07) is 2.81. The second-order valence-corrected chi connectivity index (χ2v) is 17.0. The van der Waals surface area contributed by atoms with Crippen LogP contribution in [-0.2, 0) is 19.1 Å². The van der Waals surface area contributed by atoms with E-state index < -0.39 is 77.3 Å². The lowest BCUT2D eigenvalue weighted by molar-refractivity contribution is -0.143. The van der Waals surface area contributed by atoms with Crippen molar-refractivity contribution in [2.75, 3.05) is 13.7 Å². The third-order valence-corrected chi connectivity index (χ3v) is 10.4. The summed E-state index contributed by atoms with van der Waals surface area (Å²) in [5, 5.41) is 7.35. The third kappa shape index (κ3) is 9.26. The van der Waals surface area contributed by atoms with Crippen molar-refractivity contribution in [3.8, 4) is 11.6 Å². The maximum atomic E-state index is 14.4. The monoisotopic (exact) mass is 753 g/mol. The fourth-order valence-electron chi connectivity index (χ4n) is 6.23. The molecule has 2 aromatic rings. The molecule has 3 fully saturated rings. The van der Waals surface area contributed by atoms with Gasteiger partial charge in [-0.15, -0.1) is 0 Å². The second kappa shape index (κ2) is 14.8. The van der Waals surface area contributed by atoms with E-state index in [2.05, 4.69) is 20.3 Å². The molecule has 5 atom stereocenters. The quantitative estimate of drug-likeness (QED) is 0.234. The molecular formula is C35H46ClF2N5O7S. The van der Waals surface area contributed by atoms with Crippen molar-refractivity contribution < 1.29 is 42.2 Å². The average Bonchev–Trinajstić information content (AvgIpc) is 3.93. The Morgan fingerprint density at radius 2 is 1.82 bits per heavy atom. The number of likely N-dealkylation sites (tertiary alicyclic amines) is 1. The van der Waals surface area contributed by atoms with Crippen LogP contribution in [0.3, 0.4) is 0 Å². The van der Waals surface area contributed by atoms with Crippen molar-refractivity contribution in [2.45, 2.75) is 115 Å². The molecule has 0 spiro atoms. The normalized spacial score (nSPS) is 23.8. The molecule has 2 heterocycles. The number of nitrogens with one attached hydrogen (secondary N) is 3. The molecule has 280 valence electrons. The van der Waals surface area contributed by atoms with Crippen LogP contribution >= 0.6 is 23.5 Å². The number of ether oxygens (including phenoxy) is 3. The van der Waals surface area contributed by atoms with Crippen LogP contribution in [0.15, 0.2) is 24.4 Å². The van der Waals surface area contributed by atoms with E-state index in [4.69, 9.17) is 25.8 Å². The fraction of sp³-hybridized carbons (Fsp3) is 0.629. The number of alkyl halides is 2. The molecule has 0 radical (unpaired) electrons. The summed E-state index contributed by atoms with van der Waals surface area (Å²) in [7, 11) is 1.51. The summed E-state index contributed by atoms with van der Waals surface area (Å²) in [5.41, 5.74) is -3.22. The van der Waals surface area contributed by atoms with E-state index in [0.29, 0.717) is 21.5 Å². The molecule has 3 aliphatic rings. The molecule has 1 aliphatic heterocycles. The molecule has 4 amide bonds. The number of amides is 4. The lowest BCUT2D eigenvalue weighted by Gasteiger charge is -2.36. The van der Waals surface area contributed by atoms with Gasteiger partial charge in [0.15, 0.2) is 0 Å². The molecular weight excluding hydrogens is 708 g/mol. The van der Waals surface area contributed by atoms with Crippen molar-refractivity contribution in [2.24, 2.45) is 11.3 Å². The highest BCUT2D eigenvalue weighted by Gasteiger charge is 2.62. The number of pyridine rings is 1. The third-order valence-electron chi connectivity index (χ3n) is 9.06. The second-order valence-electron chi connectivity index (χ2n) is 15.5. The fourth-order valence-corrected chi connectivity index (χ4v) is 7.23. The number of carbonyl (C=O) groups is 4. The first-order valence-electron chi connectivity index (χ1n) is 17.0. The van der Waals surface area contributed by atoms with Crippen LogP contribution in [-0.4, -0.2) is 88.4 Å². The maximum absolute atomic E-state index is 14.4. The standard InChI is InChI=1S/C35H46ClF2N5O7S/c1-33(2,3)27(40-32(47)50-34(4,5)6)30(45)43-17-20(49-29-23-13-19(36)8-11-22(23)25(48-7)16-39-29)14-24(43)28(44)41-35(15-18(35)12-26(37)38)31(46)42-51-21-9-10-21/h8,11,13,16,18,20-21,24,26-27H,9-10,12,14-15,17H2,1-7H3,(H,40,47)(H,41,44)(H,42,46)/t18-,20-,24+,27-,35-/m1/s1. The Morgan fingerprint density at radius 1 is 1.12 bits per heavy atom. The predicted molar refractivity (Wildman–Crippen MR) is 189 cm³/mol. The van der Waals surface area contributed by atoms with Gasteiger partial charge >= 0.3 is 6.09 Å². The Hall–Kier alpha value is -3.59. The summed E-state index contributed by atoms with van der Waals surface area (Å²) in [5.74, 6) is -1.93. The van der Waals surface area contributed by atoms with Gasteiger partial charge in [-0.25, -0.2) is 18.6 Å². The van der Waals surface area contributed by atoms with Crippen LogP contribution in [0.25, 0.3) is 10.8 Å². The first-order valence-corrected chi connectivity index (χ1v) is 18.2. The van der Waals surface area contributed by atoms with Crippen LogP contribution < -0.4 is 24.8 Å². The van der Waals surface area contributed by atoms with E-state index in [-0.39, 0.29) is 30.5 Å². The number of benzene rings is 1. The number of halogens is 3. The van der Waals surface area contributed by atoms with Gasteiger partial charge in [-0.05, 0) is 81.5 Å². The summed E-state index contributed by atoms with van der Waals surface area (Å²) in [6.45, 7) is 10.3. The Kier molecular flexibility index (Phi) is 11.2. The Morgan fingerprint density at radius 3 is 2.43 bits per heavy atom. The summed E-state index contributed by atoms with van der Waals surface area (Å²) < 4.78 is 47.1. The summed E-state index contributed by atoms with van der Waals surface area (Å²) in [4.78, 5) is 60.7. The highest BCUT2D eigenvalue weighted by molar-refractivity contribution is 7.98. The minimum absolute atomic E-state index is 0.0231. The molecule has 1 aromatic carbocycles. The Balaban J connectivity index is 1.45. The van der Waals surface area contributed by atoms with Crippen LogP contribution in [0.5, 0.6) is 11.6 Å². The number of rotatable bonds is 12. The number of carbonyl (C=O) groups excluding carboxylic acids is 4. The van der Waals surface area contributed by atoms with Crippen LogP contribution in [0.4, 0.5) is 13.6 Å². The zero-order chi connectivity index (χ0) is 37.5. The number of hydrogen-bond donors (Lipinski definition) is 3. The summed E-state index contributed by atoms with van der Waals surface area (Å²) >= 11 is 7.54. The van der Waals surface area contributed by atoms with Gasteiger partial charge in [0.05, 0.1) is 19.9 Å². The molecule has 0 bridgehead atoms. The average molecular weight is 754 g/mol. The molecule has 1 aromatic heterocycles. The van der Waals surface area contributed by atoms with Gasteiger partial charge in [0.25, 0.3) is 5.91 Å². The highest BCUT2D eigenvalue weighted by Crippen LogP contribution is 2.48. The Labute approximate surface area is 305 Å². The molecule has 2 saturated carbocycles. The van der Waals surface area contributed by atoms with E-state index in [0.717, 1.165) is 12.8 Å². The minimum atomic E-state index is -2.67. The van der Waals surface area contributed by atoms with Crippen LogP contribution in [0.1, 0.15) is 73.6 Å². The van der Waals surface area contributed by atoms with Gasteiger partial charge in [0.1, 0.15) is 35.1 Å². The lowest BCUT2D eigenvalue weighted by atomic mass is 9.85. The van der Waals surface area contributed by atoms with E-state index in [9.17, 15) is 28.0 Å². The van der Waals surface area contributed by atoms with E-state index >= 15 is 0 Å². The number of aromatic nitrogens is 1. The van der Waals surface area contributed by atoms with Gasteiger partial charge in [0, 0.05) is 33.9 Å². The van der Waals surface area contributed by atoms with Gasteiger partial charge in [-0.1, -0.05) is 32.4 Å². The Bertz CT molecular complexity index is 1670. The number of alkyl carbamates (subject to hydrolysis) is 1. The van der Waals surface area contributed by atoms with Gasteiger partial charge < -0.3 is 29.7 Å². The van der Waals surface area contributed by atoms with Crippen molar-refractivity contribution >= 4 is 58.1 Å². The van der Waals surface area contributed by atoms with Crippen LogP contribution in [0.2, 0.25) is 5.02 Å². The van der Waals surface area contributed by atoms with E-state index in [1.165, 1.54) is 30.2 Å². The molecule has 2 aliphatic carbocycles. The zero-order valence-corrected chi connectivity index (χ0v) is 31.4. The highest BCUT2D eigenvalue weighted by atomic mass is 35.5. The van der Waals surface area contributed by atoms with Crippen molar-refractivity contribution in [3.05, 3.63) is 29.4 Å². The number of hydrogen-bond acceptors (Lipinski definition) is 9. The van der Waals surface area contributed by atoms with Gasteiger partial charge in [-0.2, -0.15) is 0 Å². The SMILES string of the molecule is COc1cnc(O[C@@H]2C[C@@H](C(=O)N[C@]3(C(=O)NSC4CC4)C[C@H]3CC(F)F)N(C(=O)[C@@H](NC(=O)OC(C)(C)C)C(C)(C)C)C2)c2cc(Cl)ccc12. The van der Waals surface area contributed by atoms with Crippen molar-refractivity contribution in [1.29, 1.82) is 0 Å². The van der Waals surface area contributed by atoms with Gasteiger partial charge in [0.2, 0.25) is 24.1 Å². The van der Waals surface area contributed by atoms with Crippen LogP contribution in [0, 0.1) is 11.3 Å². The van der Waals surface area contributed by atoms with E-state index in [1.807, 2.05) is 0 Å². The van der Waals surface area contributed by atoms with Crippen molar-refractivity contribution in [1.82, 2.24) is 25.2 Å². The predicted octanol–water partition coefficient (Wildman–Crippen LogP) is 5.64. The first-order chi connectivity index (χ1) is 23.8. The largest absolute Gasteiger partial charge is 0.494 e.